The first-order valence-corrected chi connectivity index (χ1v) is 9.45. The van der Waals surface area contributed by atoms with E-state index in [4.69, 9.17) is 9.72 Å². The number of nitrogens with zero attached hydrogens (tertiary/aromatic N) is 3. The van der Waals surface area contributed by atoms with Gasteiger partial charge in [-0.05, 0) is 37.0 Å². The lowest BCUT2D eigenvalue weighted by molar-refractivity contribution is 0.278. The molecule has 138 valence electrons. The Hall–Kier alpha value is -2.34. The third-order valence-corrected chi connectivity index (χ3v) is 5.38. The minimum absolute atomic E-state index is 0.0418. The molecule has 2 aliphatic heterocycles. The number of ether oxygens (including phenoxy) is 1. The second kappa shape index (κ2) is 7.50. The van der Waals surface area contributed by atoms with Crippen LogP contribution in [0.15, 0.2) is 29.1 Å². The summed E-state index contributed by atoms with van der Waals surface area (Å²) in [4.78, 5) is 25.0. The molecule has 2 aromatic rings. The minimum atomic E-state index is 0.0418. The largest absolute Gasteiger partial charge is 0.497 e. The molecule has 1 saturated heterocycles. The van der Waals surface area contributed by atoms with Crippen molar-refractivity contribution >= 4 is 5.95 Å². The Labute approximate surface area is 153 Å². The predicted molar refractivity (Wildman–Crippen MR) is 102 cm³/mol. The average molecular weight is 354 g/mol. The van der Waals surface area contributed by atoms with Crippen LogP contribution in [0.2, 0.25) is 0 Å². The van der Waals surface area contributed by atoms with Crippen molar-refractivity contribution in [2.75, 3.05) is 38.2 Å². The van der Waals surface area contributed by atoms with Gasteiger partial charge in [-0.2, -0.15) is 0 Å². The van der Waals surface area contributed by atoms with E-state index in [9.17, 15) is 4.79 Å². The second-order valence-corrected chi connectivity index (χ2v) is 7.14. The van der Waals surface area contributed by atoms with Gasteiger partial charge in [0.05, 0.1) is 12.8 Å². The van der Waals surface area contributed by atoms with Gasteiger partial charge in [0.15, 0.2) is 0 Å². The summed E-state index contributed by atoms with van der Waals surface area (Å²) >= 11 is 0. The fourth-order valence-electron chi connectivity index (χ4n) is 3.91. The molecule has 0 spiro atoms. The minimum Gasteiger partial charge on any atom is -0.497 e. The molecule has 3 heterocycles. The van der Waals surface area contributed by atoms with E-state index < -0.39 is 0 Å². The van der Waals surface area contributed by atoms with Crippen LogP contribution in [0.5, 0.6) is 5.75 Å². The number of methoxy groups -OCH3 is 1. The van der Waals surface area contributed by atoms with E-state index >= 15 is 0 Å². The molecule has 0 bridgehead atoms. The number of anilines is 1. The van der Waals surface area contributed by atoms with Crippen molar-refractivity contribution < 1.29 is 4.74 Å². The molecule has 1 aromatic heterocycles. The lowest BCUT2D eigenvalue weighted by Crippen LogP contribution is -2.27. The van der Waals surface area contributed by atoms with Crippen LogP contribution in [0, 0.1) is 0 Å². The number of nitrogens with one attached hydrogen (secondary N) is 1. The first kappa shape index (κ1) is 17.1. The summed E-state index contributed by atoms with van der Waals surface area (Å²) in [7, 11) is 1.69. The molecule has 0 aliphatic carbocycles. The van der Waals surface area contributed by atoms with Gasteiger partial charge in [0.25, 0.3) is 5.56 Å². The standard InChI is InChI=1S/C20H26N4O2/c1-26-16-6-4-5-15(13-16)14-23-11-7-17-18(8-12-23)21-20(22-19(17)25)24-9-2-3-10-24/h4-6,13H,2-3,7-12,14H2,1H3,(H,21,22,25). The molecule has 1 aromatic carbocycles. The van der Waals surface area contributed by atoms with Gasteiger partial charge in [-0.3, -0.25) is 14.7 Å². The number of H-pyrrole nitrogens is 1. The molecule has 26 heavy (non-hydrogen) atoms. The topological polar surface area (TPSA) is 61.5 Å². The van der Waals surface area contributed by atoms with Crippen LogP contribution in [0.4, 0.5) is 5.95 Å². The zero-order valence-corrected chi connectivity index (χ0v) is 15.3. The monoisotopic (exact) mass is 354 g/mol. The molecule has 1 N–H and O–H groups in total. The molecule has 0 amide bonds. The highest BCUT2D eigenvalue weighted by molar-refractivity contribution is 5.35. The Kier molecular flexibility index (Phi) is 4.93. The van der Waals surface area contributed by atoms with E-state index in [1.807, 2.05) is 12.1 Å². The van der Waals surface area contributed by atoms with E-state index in [0.717, 1.165) is 68.5 Å². The number of benzene rings is 1. The molecule has 0 saturated carbocycles. The van der Waals surface area contributed by atoms with E-state index in [1.54, 1.807) is 7.11 Å². The maximum absolute atomic E-state index is 12.6. The van der Waals surface area contributed by atoms with Gasteiger partial charge in [-0.25, -0.2) is 4.98 Å². The molecule has 0 unspecified atom stereocenters. The lowest BCUT2D eigenvalue weighted by Gasteiger charge is -2.19. The van der Waals surface area contributed by atoms with Gasteiger partial charge in [0, 0.05) is 44.7 Å². The Bertz CT molecular complexity index is 827. The first-order chi connectivity index (χ1) is 12.7. The summed E-state index contributed by atoms with van der Waals surface area (Å²) in [5.74, 6) is 1.64. The SMILES string of the molecule is COc1cccc(CN2CCc3nc(N4CCCC4)[nH]c(=O)c3CC2)c1. The van der Waals surface area contributed by atoms with Crippen molar-refractivity contribution in [3.05, 3.63) is 51.4 Å². The zero-order chi connectivity index (χ0) is 17.9. The summed E-state index contributed by atoms with van der Waals surface area (Å²) in [6.07, 6.45) is 3.93. The molecule has 1 fully saturated rings. The van der Waals surface area contributed by atoms with E-state index in [-0.39, 0.29) is 5.56 Å². The number of hydrogen-bond donors (Lipinski definition) is 1. The Balaban J connectivity index is 1.49. The van der Waals surface area contributed by atoms with E-state index in [2.05, 4.69) is 26.9 Å². The first-order valence-electron chi connectivity index (χ1n) is 9.45. The highest BCUT2D eigenvalue weighted by atomic mass is 16.5. The summed E-state index contributed by atoms with van der Waals surface area (Å²) in [5, 5.41) is 0. The van der Waals surface area contributed by atoms with Crippen LogP contribution in [0.1, 0.15) is 29.7 Å². The molecule has 6 nitrogen and oxygen atoms in total. The Morgan fingerprint density at radius 1 is 1.15 bits per heavy atom. The number of hydrogen-bond acceptors (Lipinski definition) is 5. The van der Waals surface area contributed by atoms with Gasteiger partial charge in [-0.1, -0.05) is 12.1 Å². The Morgan fingerprint density at radius 3 is 2.77 bits per heavy atom. The van der Waals surface area contributed by atoms with Crippen LogP contribution in [-0.4, -0.2) is 48.2 Å². The number of fused-ring (bicyclic) bond motifs is 1. The van der Waals surface area contributed by atoms with Gasteiger partial charge < -0.3 is 9.64 Å². The van der Waals surface area contributed by atoms with Crippen LogP contribution in [0.3, 0.4) is 0 Å². The van der Waals surface area contributed by atoms with Crippen LogP contribution in [-0.2, 0) is 19.4 Å². The summed E-state index contributed by atoms with van der Waals surface area (Å²) in [6.45, 7) is 4.63. The molecular weight excluding hydrogens is 328 g/mol. The Morgan fingerprint density at radius 2 is 1.96 bits per heavy atom. The highest BCUT2D eigenvalue weighted by Crippen LogP contribution is 2.19. The molecule has 0 radical (unpaired) electrons. The fourth-order valence-corrected chi connectivity index (χ4v) is 3.91. The van der Waals surface area contributed by atoms with Crippen LogP contribution in [0.25, 0.3) is 0 Å². The van der Waals surface area contributed by atoms with Crippen molar-refractivity contribution in [2.45, 2.75) is 32.2 Å². The summed E-state index contributed by atoms with van der Waals surface area (Å²) in [6, 6.07) is 8.19. The van der Waals surface area contributed by atoms with Crippen molar-refractivity contribution in [1.82, 2.24) is 14.9 Å². The maximum Gasteiger partial charge on any atom is 0.255 e. The zero-order valence-electron chi connectivity index (χ0n) is 15.3. The second-order valence-electron chi connectivity index (χ2n) is 7.14. The van der Waals surface area contributed by atoms with Crippen molar-refractivity contribution in [3.8, 4) is 5.75 Å². The summed E-state index contributed by atoms with van der Waals surface area (Å²) < 4.78 is 5.32. The third-order valence-electron chi connectivity index (χ3n) is 5.38. The summed E-state index contributed by atoms with van der Waals surface area (Å²) in [5.41, 5.74) is 3.11. The highest BCUT2D eigenvalue weighted by Gasteiger charge is 2.21. The van der Waals surface area contributed by atoms with Gasteiger partial charge >= 0.3 is 0 Å². The molecule has 4 rings (SSSR count). The smallest absolute Gasteiger partial charge is 0.255 e. The molecule has 6 heteroatoms. The van der Waals surface area contributed by atoms with Crippen molar-refractivity contribution in [1.29, 1.82) is 0 Å². The van der Waals surface area contributed by atoms with Crippen molar-refractivity contribution in [3.63, 3.8) is 0 Å². The normalized spacial score (nSPS) is 17.8. The van der Waals surface area contributed by atoms with Crippen molar-refractivity contribution in [2.24, 2.45) is 0 Å². The maximum atomic E-state index is 12.6. The third kappa shape index (κ3) is 3.60. The lowest BCUT2D eigenvalue weighted by atomic mass is 10.1. The number of aromatic amines is 1. The average Bonchev–Trinajstić information content (AvgIpc) is 3.12. The van der Waals surface area contributed by atoms with E-state index in [0.29, 0.717) is 0 Å². The van der Waals surface area contributed by atoms with Crippen LogP contribution >= 0.6 is 0 Å². The van der Waals surface area contributed by atoms with E-state index in [1.165, 1.54) is 18.4 Å². The number of aromatic nitrogens is 2. The van der Waals surface area contributed by atoms with Gasteiger partial charge in [0.2, 0.25) is 5.95 Å². The predicted octanol–water partition coefficient (Wildman–Crippen LogP) is 1.98. The quantitative estimate of drug-likeness (QED) is 0.910. The molecule has 2 aliphatic rings. The molecule has 0 atom stereocenters. The number of rotatable bonds is 4. The van der Waals surface area contributed by atoms with Gasteiger partial charge in [-0.15, -0.1) is 0 Å². The van der Waals surface area contributed by atoms with Gasteiger partial charge in [0.1, 0.15) is 5.75 Å². The van der Waals surface area contributed by atoms with Crippen LogP contribution < -0.4 is 15.2 Å². The fraction of sp³-hybridized carbons (Fsp3) is 0.500. The molecular formula is C20H26N4O2.